The number of ether oxygens (including phenoxy) is 1. The van der Waals surface area contributed by atoms with Crippen molar-refractivity contribution in [2.45, 2.75) is 32.4 Å². The predicted molar refractivity (Wildman–Crippen MR) is 61.1 cm³/mol. The molecule has 0 amide bonds. The normalized spacial score (nSPS) is 13.2. The van der Waals surface area contributed by atoms with Crippen LogP contribution in [0.3, 0.4) is 0 Å². The molecule has 0 aliphatic carbocycles. The van der Waals surface area contributed by atoms with Gasteiger partial charge in [-0.15, -0.1) is 0 Å². The molecule has 2 nitrogen and oxygen atoms in total. The molecule has 5 heteroatoms. The zero-order chi connectivity index (χ0) is 13.8. The third-order valence-electron chi connectivity index (χ3n) is 2.62. The summed E-state index contributed by atoms with van der Waals surface area (Å²) >= 11 is 0. The van der Waals surface area contributed by atoms with Gasteiger partial charge in [0.15, 0.2) is 0 Å². The van der Waals surface area contributed by atoms with E-state index in [0.29, 0.717) is 12.0 Å². The predicted octanol–water partition coefficient (Wildman–Crippen LogP) is 3.76. The van der Waals surface area contributed by atoms with Gasteiger partial charge in [0, 0.05) is 0 Å². The van der Waals surface area contributed by atoms with Crippen molar-refractivity contribution in [3.05, 3.63) is 35.4 Å². The van der Waals surface area contributed by atoms with Gasteiger partial charge in [-0.25, -0.2) is 0 Å². The summed E-state index contributed by atoms with van der Waals surface area (Å²) in [5, 5.41) is 0. The first-order valence-corrected chi connectivity index (χ1v) is 5.74. The van der Waals surface area contributed by atoms with E-state index < -0.39 is 23.6 Å². The number of carbonyl (C=O) groups excluding carboxylic acids is 1. The standard InChI is InChI=1S/C13H15F3O2/c1-3-11(12(17)18-4-2)9-5-7-10(8-6-9)13(14,15)16/h5-8,11H,3-4H2,1-2H3. The summed E-state index contributed by atoms with van der Waals surface area (Å²) < 4.78 is 42.1. The molecule has 0 saturated heterocycles. The molecule has 1 atom stereocenters. The van der Waals surface area contributed by atoms with E-state index >= 15 is 0 Å². The number of benzene rings is 1. The number of esters is 1. The molecule has 1 rings (SSSR count). The summed E-state index contributed by atoms with van der Waals surface area (Å²) in [5.74, 6) is -0.910. The molecule has 0 spiro atoms. The van der Waals surface area contributed by atoms with Gasteiger partial charge in [0.05, 0.1) is 18.1 Å². The molecule has 0 N–H and O–H groups in total. The maximum absolute atomic E-state index is 12.4. The molecular formula is C13H15F3O2. The smallest absolute Gasteiger partial charge is 0.416 e. The first-order valence-electron chi connectivity index (χ1n) is 5.74. The Hall–Kier alpha value is -1.52. The molecule has 18 heavy (non-hydrogen) atoms. The molecule has 0 heterocycles. The number of halogens is 3. The Balaban J connectivity index is 2.92. The van der Waals surface area contributed by atoms with Crippen LogP contribution in [0.15, 0.2) is 24.3 Å². The molecule has 0 aliphatic heterocycles. The summed E-state index contributed by atoms with van der Waals surface area (Å²) in [6.07, 6.45) is -3.87. The van der Waals surface area contributed by atoms with E-state index in [9.17, 15) is 18.0 Å². The van der Waals surface area contributed by atoms with Gasteiger partial charge in [0.2, 0.25) is 0 Å². The van der Waals surface area contributed by atoms with Gasteiger partial charge in [-0.05, 0) is 31.0 Å². The van der Waals surface area contributed by atoms with Crippen LogP contribution in [0.5, 0.6) is 0 Å². The van der Waals surface area contributed by atoms with Gasteiger partial charge >= 0.3 is 12.1 Å². The summed E-state index contributed by atoms with van der Waals surface area (Å²) in [5.41, 5.74) is -0.172. The fraction of sp³-hybridized carbons (Fsp3) is 0.462. The van der Waals surface area contributed by atoms with Crippen molar-refractivity contribution in [3.63, 3.8) is 0 Å². The summed E-state index contributed by atoms with van der Waals surface area (Å²) in [6.45, 7) is 3.74. The highest BCUT2D eigenvalue weighted by atomic mass is 19.4. The van der Waals surface area contributed by atoms with Gasteiger partial charge in [0.25, 0.3) is 0 Å². The average molecular weight is 260 g/mol. The van der Waals surface area contributed by atoms with Crippen LogP contribution in [0.2, 0.25) is 0 Å². The Morgan fingerprint density at radius 3 is 2.17 bits per heavy atom. The van der Waals surface area contributed by atoms with Crippen LogP contribution < -0.4 is 0 Å². The second kappa shape index (κ2) is 5.89. The van der Waals surface area contributed by atoms with Crippen molar-refractivity contribution in [1.29, 1.82) is 0 Å². The maximum atomic E-state index is 12.4. The van der Waals surface area contributed by atoms with E-state index in [4.69, 9.17) is 4.74 Å². The zero-order valence-electron chi connectivity index (χ0n) is 10.3. The van der Waals surface area contributed by atoms with Crippen LogP contribution >= 0.6 is 0 Å². The minimum Gasteiger partial charge on any atom is -0.466 e. The molecular weight excluding hydrogens is 245 g/mol. The molecule has 0 aromatic heterocycles. The number of hydrogen-bond acceptors (Lipinski definition) is 2. The van der Waals surface area contributed by atoms with Crippen molar-refractivity contribution in [3.8, 4) is 0 Å². The third kappa shape index (κ3) is 3.48. The quantitative estimate of drug-likeness (QED) is 0.770. The van der Waals surface area contributed by atoms with Crippen LogP contribution in [0, 0.1) is 0 Å². The van der Waals surface area contributed by atoms with Gasteiger partial charge in [-0.3, -0.25) is 4.79 Å². The molecule has 1 unspecified atom stereocenters. The summed E-state index contributed by atoms with van der Waals surface area (Å²) in [7, 11) is 0. The third-order valence-corrected chi connectivity index (χ3v) is 2.62. The summed E-state index contributed by atoms with van der Waals surface area (Å²) in [4.78, 5) is 11.6. The largest absolute Gasteiger partial charge is 0.466 e. The topological polar surface area (TPSA) is 26.3 Å². The molecule has 0 saturated carbocycles. The number of rotatable bonds is 4. The lowest BCUT2D eigenvalue weighted by atomic mass is 9.95. The molecule has 100 valence electrons. The van der Waals surface area contributed by atoms with Gasteiger partial charge in [-0.1, -0.05) is 19.1 Å². The maximum Gasteiger partial charge on any atom is 0.416 e. The highest BCUT2D eigenvalue weighted by Crippen LogP contribution is 2.30. The number of hydrogen-bond donors (Lipinski definition) is 0. The Morgan fingerprint density at radius 2 is 1.78 bits per heavy atom. The van der Waals surface area contributed by atoms with Crippen LogP contribution in [-0.2, 0) is 15.7 Å². The minimum atomic E-state index is -4.36. The zero-order valence-corrected chi connectivity index (χ0v) is 10.3. The van der Waals surface area contributed by atoms with Crippen molar-refractivity contribution in [1.82, 2.24) is 0 Å². The lowest BCUT2D eigenvalue weighted by Gasteiger charge is -2.14. The second-order valence-corrected chi connectivity index (χ2v) is 3.83. The Kier molecular flexibility index (Phi) is 4.76. The van der Waals surface area contributed by atoms with Crippen molar-refractivity contribution >= 4 is 5.97 Å². The lowest BCUT2D eigenvalue weighted by molar-refractivity contribution is -0.145. The van der Waals surface area contributed by atoms with E-state index in [-0.39, 0.29) is 6.61 Å². The fourth-order valence-corrected chi connectivity index (χ4v) is 1.69. The first kappa shape index (κ1) is 14.5. The highest BCUT2D eigenvalue weighted by Gasteiger charge is 2.30. The van der Waals surface area contributed by atoms with Crippen molar-refractivity contribution in [2.24, 2.45) is 0 Å². The number of carbonyl (C=O) groups is 1. The molecule has 0 fully saturated rings. The molecule has 0 radical (unpaired) electrons. The monoisotopic (exact) mass is 260 g/mol. The molecule has 0 bridgehead atoms. The van der Waals surface area contributed by atoms with E-state index in [1.54, 1.807) is 13.8 Å². The minimum absolute atomic E-state index is 0.260. The van der Waals surface area contributed by atoms with Gasteiger partial charge in [0.1, 0.15) is 0 Å². The second-order valence-electron chi connectivity index (χ2n) is 3.83. The van der Waals surface area contributed by atoms with Gasteiger partial charge < -0.3 is 4.74 Å². The molecule has 1 aromatic carbocycles. The van der Waals surface area contributed by atoms with E-state index in [1.807, 2.05) is 0 Å². The van der Waals surface area contributed by atoms with Crippen molar-refractivity contribution in [2.75, 3.05) is 6.61 Å². The molecule has 1 aromatic rings. The average Bonchev–Trinajstić information content (AvgIpc) is 2.30. The molecule has 0 aliphatic rings. The van der Waals surface area contributed by atoms with Gasteiger partial charge in [-0.2, -0.15) is 13.2 Å². The summed E-state index contributed by atoms with van der Waals surface area (Å²) in [6, 6.07) is 4.62. The van der Waals surface area contributed by atoms with Crippen LogP contribution in [0.1, 0.15) is 37.3 Å². The fourth-order valence-electron chi connectivity index (χ4n) is 1.69. The van der Waals surface area contributed by atoms with E-state index in [1.165, 1.54) is 12.1 Å². The van der Waals surface area contributed by atoms with Crippen molar-refractivity contribution < 1.29 is 22.7 Å². The van der Waals surface area contributed by atoms with E-state index in [0.717, 1.165) is 12.1 Å². The highest BCUT2D eigenvalue weighted by molar-refractivity contribution is 5.78. The van der Waals surface area contributed by atoms with E-state index in [2.05, 4.69) is 0 Å². The van der Waals surface area contributed by atoms with Crippen LogP contribution in [-0.4, -0.2) is 12.6 Å². The van der Waals surface area contributed by atoms with Crippen LogP contribution in [0.4, 0.5) is 13.2 Å². The Labute approximate surface area is 104 Å². The Morgan fingerprint density at radius 1 is 1.22 bits per heavy atom. The first-order chi connectivity index (χ1) is 8.40. The lowest BCUT2D eigenvalue weighted by Crippen LogP contribution is -2.15. The Bertz CT molecular complexity index is 396. The SMILES string of the molecule is CCOC(=O)C(CC)c1ccc(C(F)(F)F)cc1. The number of alkyl halides is 3. The van der Waals surface area contributed by atoms with Crippen LogP contribution in [0.25, 0.3) is 0 Å².